The number of ether oxygens (including phenoxy) is 3. The number of carbonyl (C=O) groups excluding carboxylic acids is 2. The monoisotopic (exact) mass is 529 g/mol. The summed E-state index contributed by atoms with van der Waals surface area (Å²) in [6, 6.07) is 19.9. The van der Waals surface area contributed by atoms with Gasteiger partial charge in [-0.25, -0.2) is 0 Å². The van der Waals surface area contributed by atoms with Gasteiger partial charge in [0, 0.05) is 19.2 Å². The Kier molecular flexibility index (Phi) is 8.72. The molecule has 1 amide bonds. The average Bonchev–Trinajstić information content (AvgIpc) is 3.20. The number of hydrogen-bond acceptors (Lipinski definition) is 6. The first-order chi connectivity index (χ1) is 18.7. The van der Waals surface area contributed by atoms with Crippen LogP contribution < -0.4 is 9.47 Å². The Bertz CT molecular complexity index is 1360. The number of aryl methyl sites for hydroxylation is 1. The Labute approximate surface area is 229 Å². The lowest BCUT2D eigenvalue weighted by atomic mass is 9.93. The van der Waals surface area contributed by atoms with Crippen molar-refractivity contribution in [2.45, 2.75) is 39.3 Å². The summed E-state index contributed by atoms with van der Waals surface area (Å²) in [7, 11) is 3.13. The molecule has 1 aliphatic heterocycles. The highest BCUT2D eigenvalue weighted by Gasteiger charge is 2.46. The highest BCUT2D eigenvalue weighted by Crippen LogP contribution is 2.40. The number of likely N-dealkylation sites (tertiary alicyclic amines) is 1. The topological polar surface area (TPSA) is 85.3 Å². The Hall–Kier alpha value is -4.10. The minimum atomic E-state index is -0.768. The molecule has 1 aliphatic rings. The minimum absolute atomic E-state index is 0.0456. The van der Waals surface area contributed by atoms with Crippen molar-refractivity contribution < 1.29 is 28.9 Å². The van der Waals surface area contributed by atoms with Crippen molar-refractivity contribution in [3.05, 3.63) is 100 Å². The molecular weight excluding hydrogens is 494 g/mol. The van der Waals surface area contributed by atoms with Crippen molar-refractivity contribution in [2.75, 3.05) is 27.4 Å². The van der Waals surface area contributed by atoms with E-state index >= 15 is 0 Å². The molecule has 0 bridgehead atoms. The van der Waals surface area contributed by atoms with Gasteiger partial charge in [-0.3, -0.25) is 9.59 Å². The maximum Gasteiger partial charge on any atom is 0.295 e. The molecule has 3 aromatic carbocycles. The van der Waals surface area contributed by atoms with Crippen LogP contribution in [0.3, 0.4) is 0 Å². The van der Waals surface area contributed by atoms with Crippen LogP contribution in [0.5, 0.6) is 11.5 Å². The second kappa shape index (κ2) is 12.2. The van der Waals surface area contributed by atoms with Crippen molar-refractivity contribution in [3.63, 3.8) is 0 Å². The first-order valence-electron chi connectivity index (χ1n) is 13.0. The number of nitrogens with zero attached hydrogens (tertiary/aromatic N) is 1. The molecule has 39 heavy (non-hydrogen) atoms. The molecule has 1 fully saturated rings. The maximum atomic E-state index is 13.3. The number of methoxy groups -OCH3 is 2. The molecule has 0 saturated carbocycles. The van der Waals surface area contributed by atoms with Crippen molar-refractivity contribution in [1.29, 1.82) is 0 Å². The molecule has 0 aromatic heterocycles. The van der Waals surface area contributed by atoms with Crippen LogP contribution in [-0.2, 0) is 20.9 Å². The number of benzene rings is 3. The summed E-state index contributed by atoms with van der Waals surface area (Å²) in [5, 5.41) is 11.4. The van der Waals surface area contributed by atoms with E-state index in [9.17, 15) is 14.7 Å². The molecule has 3 aromatic rings. The van der Waals surface area contributed by atoms with E-state index in [0.717, 1.165) is 11.1 Å². The zero-order chi connectivity index (χ0) is 28.1. The Morgan fingerprint density at radius 1 is 0.974 bits per heavy atom. The first-order valence-corrected chi connectivity index (χ1v) is 13.0. The van der Waals surface area contributed by atoms with Crippen LogP contribution in [0.25, 0.3) is 5.76 Å². The number of carbonyl (C=O) groups is 2. The number of hydrogen-bond donors (Lipinski definition) is 1. The Morgan fingerprint density at radius 2 is 1.67 bits per heavy atom. The van der Waals surface area contributed by atoms with Crippen LogP contribution in [-0.4, -0.2) is 49.1 Å². The molecule has 1 saturated heterocycles. The highest BCUT2D eigenvalue weighted by molar-refractivity contribution is 6.46. The van der Waals surface area contributed by atoms with Crippen LogP contribution in [0.2, 0.25) is 0 Å². The molecule has 0 aliphatic carbocycles. The average molecular weight is 530 g/mol. The fourth-order valence-corrected chi connectivity index (χ4v) is 4.73. The van der Waals surface area contributed by atoms with E-state index in [2.05, 4.69) is 0 Å². The summed E-state index contributed by atoms with van der Waals surface area (Å²) < 4.78 is 16.6. The Balaban J connectivity index is 1.70. The van der Waals surface area contributed by atoms with Gasteiger partial charge in [-0.05, 0) is 59.9 Å². The Morgan fingerprint density at radius 3 is 2.28 bits per heavy atom. The van der Waals surface area contributed by atoms with Gasteiger partial charge in [0.2, 0.25) is 0 Å². The number of amides is 1. The maximum absolute atomic E-state index is 13.3. The smallest absolute Gasteiger partial charge is 0.295 e. The quantitative estimate of drug-likeness (QED) is 0.204. The lowest BCUT2D eigenvalue weighted by Gasteiger charge is -2.25. The third-order valence-electron chi connectivity index (χ3n) is 6.92. The van der Waals surface area contributed by atoms with E-state index in [1.54, 1.807) is 25.3 Å². The number of Topliss-reactive ketones (excluding diaryl/α,β-unsaturated/α-hetero) is 1. The van der Waals surface area contributed by atoms with Crippen LogP contribution in [0, 0.1) is 6.92 Å². The second-order valence-corrected chi connectivity index (χ2v) is 9.94. The summed E-state index contributed by atoms with van der Waals surface area (Å²) in [5.74, 6) is -0.140. The van der Waals surface area contributed by atoms with E-state index in [1.165, 1.54) is 17.6 Å². The van der Waals surface area contributed by atoms with Crippen molar-refractivity contribution in [2.24, 2.45) is 0 Å². The van der Waals surface area contributed by atoms with Crippen LogP contribution in [0.1, 0.15) is 53.6 Å². The molecular formula is C32H35NO6. The molecule has 1 unspecified atom stereocenters. The lowest BCUT2D eigenvalue weighted by Crippen LogP contribution is -2.32. The lowest BCUT2D eigenvalue weighted by molar-refractivity contribution is -0.140. The molecule has 1 heterocycles. The van der Waals surface area contributed by atoms with Crippen molar-refractivity contribution in [3.8, 4) is 11.5 Å². The summed E-state index contributed by atoms with van der Waals surface area (Å²) in [6.45, 7) is 6.95. The van der Waals surface area contributed by atoms with Crippen LogP contribution >= 0.6 is 0 Å². The molecule has 0 spiro atoms. The third kappa shape index (κ3) is 5.99. The van der Waals surface area contributed by atoms with Gasteiger partial charge in [0.15, 0.2) is 0 Å². The van der Waals surface area contributed by atoms with Gasteiger partial charge >= 0.3 is 0 Å². The number of aliphatic hydroxyl groups excluding tert-OH is 1. The van der Waals surface area contributed by atoms with Crippen molar-refractivity contribution in [1.82, 2.24) is 4.90 Å². The fraction of sp³-hybridized carbons (Fsp3) is 0.312. The molecule has 7 nitrogen and oxygen atoms in total. The van der Waals surface area contributed by atoms with E-state index < -0.39 is 17.7 Å². The molecule has 204 valence electrons. The van der Waals surface area contributed by atoms with Gasteiger partial charge in [-0.1, -0.05) is 55.8 Å². The largest absolute Gasteiger partial charge is 0.507 e. The standard InChI is InChI=1S/C32H35NO6/c1-20(2)26-18-24(12-15-27(26)38-5)30(34)28-29(33(16-17-37-4)32(36)31(28)35)23-10-13-25(14-11-23)39-19-22-8-6-21(3)7-9-22/h6-15,18,20,29,34H,16-17,19H2,1-5H3/b30-28-. The number of rotatable bonds is 10. The van der Waals surface area contributed by atoms with Crippen LogP contribution in [0.4, 0.5) is 0 Å². The minimum Gasteiger partial charge on any atom is -0.507 e. The van der Waals surface area contributed by atoms with Gasteiger partial charge in [-0.2, -0.15) is 0 Å². The summed E-state index contributed by atoms with van der Waals surface area (Å²) in [4.78, 5) is 27.8. The van der Waals surface area contributed by atoms with Gasteiger partial charge in [0.25, 0.3) is 11.7 Å². The fourth-order valence-electron chi connectivity index (χ4n) is 4.73. The van der Waals surface area contributed by atoms with E-state index in [1.807, 2.05) is 69.3 Å². The first kappa shape index (κ1) is 27.9. The van der Waals surface area contributed by atoms with Crippen molar-refractivity contribution >= 4 is 17.4 Å². The van der Waals surface area contributed by atoms with Gasteiger partial charge in [-0.15, -0.1) is 0 Å². The zero-order valence-electron chi connectivity index (χ0n) is 23.1. The number of aliphatic hydroxyl groups is 1. The molecule has 1 atom stereocenters. The van der Waals surface area contributed by atoms with Gasteiger partial charge in [0.05, 0.1) is 25.3 Å². The predicted octanol–water partition coefficient (Wildman–Crippen LogP) is 5.77. The van der Waals surface area contributed by atoms with E-state index in [4.69, 9.17) is 14.2 Å². The number of ketones is 1. The molecule has 7 heteroatoms. The van der Waals surface area contributed by atoms with Gasteiger partial charge < -0.3 is 24.2 Å². The normalized spacial score (nSPS) is 16.7. The van der Waals surface area contributed by atoms with E-state index in [0.29, 0.717) is 29.2 Å². The van der Waals surface area contributed by atoms with Gasteiger partial charge in [0.1, 0.15) is 23.9 Å². The SMILES string of the molecule is COCCN1C(=O)C(=O)/C(=C(\O)c2ccc(OC)c(C(C)C)c2)C1c1ccc(OCc2ccc(C)cc2)cc1. The predicted molar refractivity (Wildman–Crippen MR) is 150 cm³/mol. The molecule has 0 radical (unpaired) electrons. The summed E-state index contributed by atoms with van der Waals surface area (Å²) >= 11 is 0. The molecule has 1 N–H and O–H groups in total. The molecule has 4 rings (SSSR count). The summed E-state index contributed by atoms with van der Waals surface area (Å²) in [5.41, 5.74) is 4.31. The van der Waals surface area contributed by atoms with E-state index in [-0.39, 0.29) is 30.4 Å². The zero-order valence-corrected chi connectivity index (χ0v) is 23.1. The summed E-state index contributed by atoms with van der Waals surface area (Å²) in [6.07, 6.45) is 0. The third-order valence-corrected chi connectivity index (χ3v) is 6.92. The van der Waals surface area contributed by atoms with Crippen LogP contribution in [0.15, 0.2) is 72.3 Å². The highest BCUT2D eigenvalue weighted by atomic mass is 16.5. The second-order valence-electron chi connectivity index (χ2n) is 9.94.